The predicted molar refractivity (Wildman–Crippen MR) is 96.6 cm³/mol. The first-order valence-corrected chi connectivity index (χ1v) is 7.67. The van der Waals surface area contributed by atoms with Crippen LogP contribution in [-0.2, 0) is 0 Å². The van der Waals surface area contributed by atoms with Crippen LogP contribution in [0.25, 0.3) is 10.8 Å². The van der Waals surface area contributed by atoms with Gasteiger partial charge in [-0.25, -0.2) is 5.43 Å². The molecule has 0 saturated carbocycles. The highest BCUT2D eigenvalue weighted by molar-refractivity contribution is 6.03. The Morgan fingerprint density at radius 2 is 1.83 bits per heavy atom. The number of rotatable bonds is 3. The molecule has 0 aliphatic carbocycles. The van der Waals surface area contributed by atoms with Crippen molar-refractivity contribution >= 4 is 22.9 Å². The van der Waals surface area contributed by atoms with Gasteiger partial charge in [0.25, 0.3) is 5.91 Å². The number of aryl methyl sites for hydroxylation is 2. The van der Waals surface area contributed by atoms with E-state index in [1.807, 2.05) is 56.3 Å². The number of nitrogens with one attached hydrogen (secondary N) is 1. The van der Waals surface area contributed by atoms with Crippen LogP contribution < -0.4 is 5.43 Å². The van der Waals surface area contributed by atoms with Crippen molar-refractivity contribution < 1.29 is 9.90 Å². The number of phenols is 1. The van der Waals surface area contributed by atoms with Gasteiger partial charge < -0.3 is 5.11 Å². The number of carbonyl (C=O) groups excluding carboxylic acids is 1. The molecule has 0 atom stereocenters. The first-order chi connectivity index (χ1) is 11.6. The Kier molecular flexibility index (Phi) is 4.29. The molecular weight excluding hydrogens is 300 g/mol. The molecule has 24 heavy (non-hydrogen) atoms. The average molecular weight is 318 g/mol. The highest BCUT2D eigenvalue weighted by Crippen LogP contribution is 2.25. The standard InChI is InChI=1S/C20H18N2O2/c1-13-7-8-16(11-14(13)2)20(24)22-21-12-18-17-6-4-3-5-15(17)9-10-19(18)23/h3-12,23H,1-2H3,(H,22,24)/b21-12-. The van der Waals surface area contributed by atoms with Crippen molar-refractivity contribution in [3.05, 3.63) is 76.9 Å². The summed E-state index contributed by atoms with van der Waals surface area (Å²) in [6, 6.07) is 16.7. The van der Waals surface area contributed by atoms with Crippen LogP contribution in [0.4, 0.5) is 0 Å². The van der Waals surface area contributed by atoms with Crippen molar-refractivity contribution in [3.8, 4) is 5.75 Å². The van der Waals surface area contributed by atoms with Gasteiger partial charge in [0.05, 0.1) is 6.21 Å². The van der Waals surface area contributed by atoms with E-state index < -0.39 is 0 Å². The lowest BCUT2D eigenvalue weighted by atomic mass is 10.0. The maximum atomic E-state index is 12.2. The van der Waals surface area contributed by atoms with E-state index in [0.29, 0.717) is 11.1 Å². The maximum Gasteiger partial charge on any atom is 0.271 e. The topological polar surface area (TPSA) is 61.7 Å². The number of hydrazone groups is 1. The van der Waals surface area contributed by atoms with Gasteiger partial charge in [-0.05, 0) is 53.9 Å². The molecule has 0 spiro atoms. The van der Waals surface area contributed by atoms with Gasteiger partial charge in [0, 0.05) is 11.1 Å². The van der Waals surface area contributed by atoms with Gasteiger partial charge in [-0.2, -0.15) is 5.10 Å². The molecular formula is C20H18N2O2. The van der Waals surface area contributed by atoms with E-state index in [-0.39, 0.29) is 11.7 Å². The third kappa shape index (κ3) is 3.13. The summed E-state index contributed by atoms with van der Waals surface area (Å²) in [7, 11) is 0. The van der Waals surface area contributed by atoms with Crippen LogP contribution in [0.1, 0.15) is 27.0 Å². The summed E-state index contributed by atoms with van der Waals surface area (Å²) in [4.78, 5) is 12.2. The van der Waals surface area contributed by atoms with Crippen LogP contribution in [0.15, 0.2) is 59.7 Å². The number of aromatic hydroxyl groups is 1. The van der Waals surface area contributed by atoms with Gasteiger partial charge in [0.1, 0.15) is 5.75 Å². The third-order valence-electron chi connectivity index (χ3n) is 4.08. The summed E-state index contributed by atoms with van der Waals surface area (Å²) in [6.07, 6.45) is 1.47. The van der Waals surface area contributed by atoms with Crippen LogP contribution in [-0.4, -0.2) is 17.2 Å². The molecule has 4 heteroatoms. The quantitative estimate of drug-likeness (QED) is 0.568. The largest absolute Gasteiger partial charge is 0.507 e. The van der Waals surface area contributed by atoms with Crippen LogP contribution >= 0.6 is 0 Å². The number of carbonyl (C=O) groups is 1. The van der Waals surface area contributed by atoms with Gasteiger partial charge in [0.2, 0.25) is 0 Å². The lowest BCUT2D eigenvalue weighted by Crippen LogP contribution is -2.17. The van der Waals surface area contributed by atoms with Crippen molar-refractivity contribution in [2.24, 2.45) is 5.10 Å². The molecule has 0 aliphatic heterocycles. The van der Waals surface area contributed by atoms with Crippen molar-refractivity contribution in [2.45, 2.75) is 13.8 Å². The minimum absolute atomic E-state index is 0.123. The molecule has 120 valence electrons. The van der Waals surface area contributed by atoms with E-state index in [0.717, 1.165) is 21.9 Å². The Morgan fingerprint density at radius 1 is 1.04 bits per heavy atom. The summed E-state index contributed by atoms with van der Waals surface area (Å²) >= 11 is 0. The number of amides is 1. The molecule has 0 bridgehead atoms. The number of phenolic OH excluding ortho intramolecular Hbond substituents is 1. The second-order valence-electron chi connectivity index (χ2n) is 5.72. The molecule has 3 aromatic carbocycles. The van der Waals surface area contributed by atoms with Crippen molar-refractivity contribution in [1.29, 1.82) is 0 Å². The molecule has 4 nitrogen and oxygen atoms in total. The third-order valence-corrected chi connectivity index (χ3v) is 4.08. The monoisotopic (exact) mass is 318 g/mol. The predicted octanol–water partition coefficient (Wildman–Crippen LogP) is 3.93. The van der Waals surface area contributed by atoms with Crippen LogP contribution in [0.3, 0.4) is 0 Å². The van der Waals surface area contributed by atoms with Crippen LogP contribution in [0, 0.1) is 13.8 Å². The van der Waals surface area contributed by atoms with Gasteiger partial charge in [-0.15, -0.1) is 0 Å². The first kappa shape index (κ1) is 15.7. The van der Waals surface area contributed by atoms with Gasteiger partial charge >= 0.3 is 0 Å². The van der Waals surface area contributed by atoms with Gasteiger partial charge in [0.15, 0.2) is 0 Å². The Bertz CT molecular complexity index is 946. The molecule has 0 fully saturated rings. The minimum Gasteiger partial charge on any atom is -0.507 e. The van der Waals surface area contributed by atoms with Gasteiger partial charge in [-0.1, -0.05) is 36.4 Å². The zero-order valence-electron chi connectivity index (χ0n) is 13.6. The van der Waals surface area contributed by atoms with Gasteiger partial charge in [-0.3, -0.25) is 4.79 Å². The Hall–Kier alpha value is -3.14. The molecule has 0 unspecified atom stereocenters. The smallest absolute Gasteiger partial charge is 0.271 e. The fraction of sp³-hybridized carbons (Fsp3) is 0.100. The second-order valence-corrected chi connectivity index (χ2v) is 5.72. The summed E-state index contributed by atoms with van der Waals surface area (Å²) < 4.78 is 0. The Labute approximate surface area is 140 Å². The SMILES string of the molecule is Cc1ccc(C(=O)N/N=C\c2c(O)ccc3ccccc23)cc1C. The maximum absolute atomic E-state index is 12.2. The highest BCUT2D eigenvalue weighted by Gasteiger charge is 2.07. The Balaban J connectivity index is 1.83. The Morgan fingerprint density at radius 3 is 2.62 bits per heavy atom. The van der Waals surface area contributed by atoms with E-state index in [2.05, 4.69) is 10.5 Å². The van der Waals surface area contributed by atoms with Crippen molar-refractivity contribution in [2.75, 3.05) is 0 Å². The second kappa shape index (κ2) is 6.54. The van der Waals surface area contributed by atoms with E-state index in [1.165, 1.54) is 6.21 Å². The highest BCUT2D eigenvalue weighted by atomic mass is 16.3. The van der Waals surface area contributed by atoms with E-state index >= 15 is 0 Å². The normalized spacial score (nSPS) is 11.1. The molecule has 1 amide bonds. The van der Waals surface area contributed by atoms with Crippen molar-refractivity contribution in [1.82, 2.24) is 5.43 Å². The summed E-state index contributed by atoms with van der Waals surface area (Å²) in [5.74, 6) is -0.160. The number of hydrogen-bond acceptors (Lipinski definition) is 3. The molecule has 2 N–H and O–H groups in total. The van der Waals surface area contributed by atoms with E-state index in [9.17, 15) is 9.90 Å². The fourth-order valence-corrected chi connectivity index (χ4v) is 2.52. The zero-order valence-corrected chi connectivity index (χ0v) is 13.6. The fourth-order valence-electron chi connectivity index (χ4n) is 2.52. The number of hydrogen-bond donors (Lipinski definition) is 2. The molecule has 0 radical (unpaired) electrons. The first-order valence-electron chi connectivity index (χ1n) is 7.67. The average Bonchev–Trinajstić information content (AvgIpc) is 2.59. The summed E-state index contributed by atoms with van der Waals surface area (Å²) in [5, 5.41) is 15.9. The zero-order chi connectivity index (χ0) is 17.1. The van der Waals surface area contributed by atoms with E-state index in [4.69, 9.17) is 0 Å². The van der Waals surface area contributed by atoms with Crippen LogP contribution in [0.5, 0.6) is 5.75 Å². The lowest BCUT2D eigenvalue weighted by molar-refractivity contribution is 0.0955. The van der Waals surface area contributed by atoms with Crippen LogP contribution in [0.2, 0.25) is 0 Å². The summed E-state index contributed by atoms with van der Waals surface area (Å²) in [6.45, 7) is 3.96. The number of fused-ring (bicyclic) bond motifs is 1. The van der Waals surface area contributed by atoms with Crippen molar-refractivity contribution in [3.63, 3.8) is 0 Å². The molecule has 0 saturated heterocycles. The van der Waals surface area contributed by atoms with E-state index in [1.54, 1.807) is 12.1 Å². The minimum atomic E-state index is -0.283. The molecule has 3 aromatic rings. The molecule has 3 rings (SSSR count). The molecule has 0 aliphatic rings. The summed E-state index contributed by atoms with van der Waals surface area (Å²) in [5.41, 5.74) is 5.82. The molecule has 0 heterocycles. The molecule has 0 aromatic heterocycles. The number of benzene rings is 3. The number of nitrogens with zero attached hydrogens (tertiary/aromatic N) is 1. The lowest BCUT2D eigenvalue weighted by Gasteiger charge is -2.06.